The molecule has 9 nitrogen and oxygen atoms in total. The molecule has 4 N–H and O–H groups in total. The molecule has 0 saturated carbocycles. The molecule has 0 aliphatic rings. The fourth-order valence-electron chi connectivity index (χ4n) is 2.02. The number of carbonyl (C=O) groups is 4. The second-order valence-electron chi connectivity index (χ2n) is 5.43. The Labute approximate surface area is 144 Å². The summed E-state index contributed by atoms with van der Waals surface area (Å²) in [5, 5.41) is 4.56. The minimum atomic E-state index is -1.62. The topological polar surface area (TPSA) is 137 Å². The van der Waals surface area contributed by atoms with Crippen LogP contribution in [0.1, 0.15) is 18.9 Å². The van der Waals surface area contributed by atoms with E-state index in [9.17, 15) is 19.2 Å². The summed E-state index contributed by atoms with van der Waals surface area (Å²) in [6.45, 7) is 0.907. The summed E-state index contributed by atoms with van der Waals surface area (Å²) in [6.07, 6.45) is -1.24. The summed E-state index contributed by atoms with van der Waals surface area (Å²) in [6, 6.07) is 9.00. The summed E-state index contributed by atoms with van der Waals surface area (Å²) >= 11 is 0. The first kappa shape index (κ1) is 19.9. The first-order valence-corrected chi connectivity index (χ1v) is 7.39. The predicted octanol–water partition coefficient (Wildman–Crippen LogP) is -0.164. The van der Waals surface area contributed by atoms with Crippen LogP contribution in [-0.4, -0.2) is 43.1 Å². The standard InChI is InChI=1S/C16H21N3O6/c1-16(8-12(17)20,14(22)24-2)19-13(21)9-18-15(23)25-10-11-6-4-3-5-7-11/h3-7H,8-10H2,1-2H3,(H2,17,20)(H,18,23)(H,19,21)/t16-/m0/s1. The van der Waals surface area contributed by atoms with E-state index in [0.717, 1.165) is 12.7 Å². The number of benzene rings is 1. The van der Waals surface area contributed by atoms with E-state index in [1.165, 1.54) is 6.92 Å². The third kappa shape index (κ3) is 6.90. The highest BCUT2D eigenvalue weighted by atomic mass is 16.5. The van der Waals surface area contributed by atoms with Crippen LogP contribution in [0.4, 0.5) is 4.79 Å². The van der Waals surface area contributed by atoms with Crippen LogP contribution >= 0.6 is 0 Å². The van der Waals surface area contributed by atoms with E-state index in [-0.39, 0.29) is 6.61 Å². The van der Waals surface area contributed by atoms with Crippen LogP contribution in [-0.2, 0) is 30.5 Å². The second kappa shape index (κ2) is 9.26. The Morgan fingerprint density at radius 3 is 2.36 bits per heavy atom. The molecule has 25 heavy (non-hydrogen) atoms. The van der Waals surface area contributed by atoms with Crippen LogP contribution in [0, 0.1) is 0 Å². The molecular weight excluding hydrogens is 330 g/mol. The third-order valence-electron chi connectivity index (χ3n) is 3.19. The zero-order valence-electron chi connectivity index (χ0n) is 14.0. The lowest BCUT2D eigenvalue weighted by atomic mass is 9.97. The molecule has 3 amide bonds. The van der Waals surface area contributed by atoms with Crippen molar-refractivity contribution < 1.29 is 28.7 Å². The van der Waals surface area contributed by atoms with E-state index < -0.39 is 42.4 Å². The number of hydrogen-bond donors (Lipinski definition) is 3. The van der Waals surface area contributed by atoms with E-state index >= 15 is 0 Å². The molecule has 0 bridgehead atoms. The van der Waals surface area contributed by atoms with Gasteiger partial charge < -0.3 is 25.8 Å². The first-order valence-electron chi connectivity index (χ1n) is 7.39. The van der Waals surface area contributed by atoms with Crippen molar-refractivity contribution in [2.75, 3.05) is 13.7 Å². The van der Waals surface area contributed by atoms with Gasteiger partial charge in [-0.15, -0.1) is 0 Å². The monoisotopic (exact) mass is 351 g/mol. The number of nitrogens with one attached hydrogen (secondary N) is 2. The Balaban J connectivity index is 2.47. The molecule has 1 atom stereocenters. The number of ether oxygens (including phenoxy) is 2. The van der Waals surface area contributed by atoms with Gasteiger partial charge in [-0.05, 0) is 12.5 Å². The van der Waals surface area contributed by atoms with Gasteiger partial charge in [0.15, 0.2) is 0 Å². The number of amides is 3. The van der Waals surface area contributed by atoms with Gasteiger partial charge in [-0.25, -0.2) is 9.59 Å². The Hall–Kier alpha value is -3.10. The lowest BCUT2D eigenvalue weighted by molar-refractivity contribution is -0.151. The minimum absolute atomic E-state index is 0.0514. The van der Waals surface area contributed by atoms with Crippen LogP contribution in [0.2, 0.25) is 0 Å². The van der Waals surface area contributed by atoms with Gasteiger partial charge in [-0.2, -0.15) is 0 Å². The molecule has 9 heteroatoms. The average molecular weight is 351 g/mol. The number of carbonyl (C=O) groups excluding carboxylic acids is 4. The van der Waals surface area contributed by atoms with Crippen LogP contribution < -0.4 is 16.4 Å². The number of methoxy groups -OCH3 is 1. The summed E-state index contributed by atoms with van der Waals surface area (Å²) < 4.78 is 9.50. The quantitative estimate of drug-likeness (QED) is 0.556. The molecule has 1 aromatic carbocycles. The molecule has 0 saturated heterocycles. The molecule has 136 valence electrons. The molecule has 0 spiro atoms. The molecule has 0 aromatic heterocycles. The van der Waals surface area contributed by atoms with E-state index in [1.54, 1.807) is 24.3 Å². The van der Waals surface area contributed by atoms with Gasteiger partial charge in [0.05, 0.1) is 13.5 Å². The Bertz CT molecular complexity index is 634. The van der Waals surface area contributed by atoms with Gasteiger partial charge in [0.1, 0.15) is 18.7 Å². The lowest BCUT2D eigenvalue weighted by Crippen LogP contribution is -2.56. The van der Waals surface area contributed by atoms with E-state index in [2.05, 4.69) is 15.4 Å². The van der Waals surface area contributed by atoms with Crippen molar-refractivity contribution in [3.63, 3.8) is 0 Å². The molecule has 1 rings (SSSR count). The maximum Gasteiger partial charge on any atom is 0.407 e. The zero-order chi connectivity index (χ0) is 18.9. The second-order valence-corrected chi connectivity index (χ2v) is 5.43. The Morgan fingerprint density at radius 2 is 1.80 bits per heavy atom. The van der Waals surface area contributed by atoms with Crippen molar-refractivity contribution in [3.05, 3.63) is 35.9 Å². The van der Waals surface area contributed by atoms with Gasteiger partial charge in [0.2, 0.25) is 11.8 Å². The maximum atomic E-state index is 11.9. The summed E-state index contributed by atoms with van der Waals surface area (Å²) in [7, 11) is 1.12. The van der Waals surface area contributed by atoms with E-state index in [4.69, 9.17) is 10.5 Å². The summed E-state index contributed by atoms with van der Waals surface area (Å²) in [5.74, 6) is -2.32. The van der Waals surface area contributed by atoms with Crippen LogP contribution in [0.5, 0.6) is 0 Å². The minimum Gasteiger partial charge on any atom is -0.467 e. The molecule has 0 radical (unpaired) electrons. The SMILES string of the molecule is COC(=O)[C@](C)(CC(N)=O)NC(=O)CNC(=O)OCc1ccccc1. The van der Waals surface area contributed by atoms with Crippen LogP contribution in [0.3, 0.4) is 0 Å². The van der Waals surface area contributed by atoms with Gasteiger partial charge in [-0.3, -0.25) is 9.59 Å². The Morgan fingerprint density at radius 1 is 1.16 bits per heavy atom. The predicted molar refractivity (Wildman–Crippen MR) is 87.0 cm³/mol. The fraction of sp³-hybridized carbons (Fsp3) is 0.375. The van der Waals surface area contributed by atoms with Crippen molar-refractivity contribution >= 4 is 23.9 Å². The Kier molecular flexibility index (Phi) is 7.39. The first-order chi connectivity index (χ1) is 11.8. The van der Waals surface area contributed by atoms with Gasteiger partial charge in [0.25, 0.3) is 0 Å². The molecule has 0 fully saturated rings. The smallest absolute Gasteiger partial charge is 0.407 e. The number of alkyl carbamates (subject to hydrolysis) is 1. The van der Waals surface area contributed by atoms with Crippen molar-refractivity contribution in [1.82, 2.24) is 10.6 Å². The average Bonchev–Trinajstić information content (AvgIpc) is 2.57. The third-order valence-corrected chi connectivity index (χ3v) is 3.19. The van der Waals surface area contributed by atoms with Gasteiger partial charge in [0, 0.05) is 0 Å². The largest absolute Gasteiger partial charge is 0.467 e. The molecule has 0 aliphatic carbocycles. The molecule has 1 aromatic rings. The zero-order valence-corrected chi connectivity index (χ0v) is 14.0. The van der Waals surface area contributed by atoms with Crippen molar-refractivity contribution in [1.29, 1.82) is 0 Å². The van der Waals surface area contributed by atoms with Gasteiger partial charge in [-0.1, -0.05) is 30.3 Å². The van der Waals surface area contributed by atoms with Crippen molar-refractivity contribution in [2.24, 2.45) is 5.73 Å². The molecule has 0 aliphatic heterocycles. The number of rotatable bonds is 8. The van der Waals surface area contributed by atoms with Crippen molar-refractivity contribution in [3.8, 4) is 0 Å². The number of esters is 1. The van der Waals surface area contributed by atoms with Crippen LogP contribution in [0.15, 0.2) is 30.3 Å². The highest BCUT2D eigenvalue weighted by Crippen LogP contribution is 2.11. The molecule has 0 heterocycles. The highest BCUT2D eigenvalue weighted by molar-refractivity contribution is 5.93. The molecule has 0 unspecified atom stereocenters. The highest BCUT2D eigenvalue weighted by Gasteiger charge is 2.37. The van der Waals surface area contributed by atoms with E-state index in [1.807, 2.05) is 6.07 Å². The summed E-state index contributed by atoms with van der Waals surface area (Å²) in [5.41, 5.74) is 4.25. The molecular formula is C16H21N3O6. The summed E-state index contributed by atoms with van der Waals surface area (Å²) in [4.78, 5) is 46.3. The van der Waals surface area contributed by atoms with Crippen LogP contribution in [0.25, 0.3) is 0 Å². The van der Waals surface area contributed by atoms with E-state index in [0.29, 0.717) is 0 Å². The van der Waals surface area contributed by atoms with Crippen molar-refractivity contribution in [2.45, 2.75) is 25.5 Å². The fourth-order valence-corrected chi connectivity index (χ4v) is 2.02. The lowest BCUT2D eigenvalue weighted by Gasteiger charge is -2.26. The number of nitrogens with two attached hydrogens (primary N) is 1. The number of primary amides is 1. The normalized spacial score (nSPS) is 12.4. The number of hydrogen-bond acceptors (Lipinski definition) is 6. The maximum absolute atomic E-state index is 11.9. The van der Waals surface area contributed by atoms with Gasteiger partial charge >= 0.3 is 12.1 Å².